The predicted octanol–water partition coefficient (Wildman–Crippen LogP) is 3.36. The van der Waals surface area contributed by atoms with E-state index in [0.29, 0.717) is 5.69 Å². The van der Waals surface area contributed by atoms with E-state index in [1.165, 1.54) is 17.2 Å². The van der Waals surface area contributed by atoms with Gasteiger partial charge in [-0.25, -0.2) is 4.39 Å². The van der Waals surface area contributed by atoms with Crippen LogP contribution in [0.15, 0.2) is 42.5 Å². The lowest BCUT2D eigenvalue weighted by Crippen LogP contribution is -2.22. The first-order valence-corrected chi connectivity index (χ1v) is 6.60. The largest absolute Gasteiger partial charge is 0.399 e. The number of fused-ring (bicyclic) bond motifs is 1. The van der Waals surface area contributed by atoms with Crippen LogP contribution >= 0.6 is 0 Å². The molecule has 0 radical (unpaired) electrons. The molecule has 0 spiro atoms. The summed E-state index contributed by atoms with van der Waals surface area (Å²) in [7, 11) is 0. The van der Waals surface area contributed by atoms with Crippen molar-refractivity contribution in [2.24, 2.45) is 0 Å². The van der Waals surface area contributed by atoms with E-state index in [-0.39, 0.29) is 5.82 Å². The van der Waals surface area contributed by atoms with E-state index in [1.54, 1.807) is 6.07 Å². The van der Waals surface area contributed by atoms with Crippen molar-refractivity contribution in [3.8, 4) is 0 Å². The molecule has 3 rings (SSSR count). The van der Waals surface area contributed by atoms with Crippen molar-refractivity contribution in [1.29, 1.82) is 0 Å². The van der Waals surface area contributed by atoms with Gasteiger partial charge in [-0.15, -0.1) is 0 Å². The molecular formula is C16H17FN2. The summed E-state index contributed by atoms with van der Waals surface area (Å²) in [5.41, 5.74) is 9.80. The molecule has 0 saturated heterocycles. The highest BCUT2D eigenvalue weighted by Gasteiger charge is 2.15. The first-order valence-electron chi connectivity index (χ1n) is 6.60. The van der Waals surface area contributed by atoms with Gasteiger partial charge in [0.15, 0.2) is 0 Å². The quantitative estimate of drug-likeness (QED) is 0.793. The third-order valence-corrected chi connectivity index (χ3v) is 3.62. The maximum Gasteiger partial charge on any atom is 0.127 e. The van der Waals surface area contributed by atoms with E-state index in [1.807, 2.05) is 6.07 Å². The molecule has 0 atom stereocenters. The number of hydrogen-bond acceptors (Lipinski definition) is 2. The number of nitrogens with zero attached hydrogens (tertiary/aromatic N) is 1. The van der Waals surface area contributed by atoms with E-state index in [2.05, 4.69) is 29.2 Å². The van der Waals surface area contributed by atoms with Crippen LogP contribution < -0.4 is 10.6 Å². The van der Waals surface area contributed by atoms with E-state index in [4.69, 9.17) is 5.73 Å². The van der Waals surface area contributed by atoms with E-state index < -0.39 is 0 Å². The number of rotatable bonds is 1. The van der Waals surface area contributed by atoms with Crippen LogP contribution in [0.4, 0.5) is 15.8 Å². The molecule has 1 heterocycles. The lowest BCUT2D eigenvalue weighted by Gasteiger charge is -2.23. The highest BCUT2D eigenvalue weighted by atomic mass is 19.1. The van der Waals surface area contributed by atoms with Gasteiger partial charge in [0.05, 0.1) is 0 Å². The van der Waals surface area contributed by atoms with Crippen molar-refractivity contribution >= 4 is 11.4 Å². The fraction of sp³-hybridized carbons (Fsp3) is 0.250. The molecule has 1 aliphatic rings. The summed E-state index contributed by atoms with van der Waals surface area (Å²) < 4.78 is 13.5. The van der Waals surface area contributed by atoms with Crippen molar-refractivity contribution in [2.75, 3.05) is 17.2 Å². The Morgan fingerprint density at radius 3 is 2.63 bits per heavy atom. The van der Waals surface area contributed by atoms with Gasteiger partial charge in [-0.1, -0.05) is 24.3 Å². The van der Waals surface area contributed by atoms with Crippen LogP contribution in [-0.4, -0.2) is 6.54 Å². The van der Waals surface area contributed by atoms with Crippen molar-refractivity contribution in [1.82, 2.24) is 0 Å². The molecule has 0 amide bonds. The van der Waals surface area contributed by atoms with Gasteiger partial charge < -0.3 is 10.6 Å². The van der Waals surface area contributed by atoms with Crippen LogP contribution in [0.3, 0.4) is 0 Å². The second kappa shape index (κ2) is 4.92. The van der Waals surface area contributed by atoms with Crippen LogP contribution in [0.25, 0.3) is 0 Å². The number of hydrogen-bond donors (Lipinski definition) is 1. The maximum atomic E-state index is 13.5. The highest BCUT2D eigenvalue weighted by molar-refractivity contribution is 5.57. The molecule has 2 nitrogen and oxygen atoms in total. The van der Waals surface area contributed by atoms with E-state index in [9.17, 15) is 4.39 Å². The fourth-order valence-corrected chi connectivity index (χ4v) is 2.70. The van der Waals surface area contributed by atoms with Crippen LogP contribution in [-0.2, 0) is 13.0 Å². The summed E-state index contributed by atoms with van der Waals surface area (Å²) in [5, 5.41) is 0. The standard InChI is InChI=1S/C16H17FN2/c17-14-8-15(18)10-16(9-14)19-7-3-6-12-4-1-2-5-13(12)11-19/h1-2,4-5,8-10H,3,6-7,11,18H2. The molecular weight excluding hydrogens is 239 g/mol. The predicted molar refractivity (Wildman–Crippen MR) is 76.6 cm³/mol. The lowest BCUT2D eigenvalue weighted by molar-refractivity contribution is 0.626. The van der Waals surface area contributed by atoms with Crippen LogP contribution in [0, 0.1) is 5.82 Å². The Hall–Kier alpha value is -2.03. The first kappa shape index (κ1) is 12.0. The zero-order valence-corrected chi connectivity index (χ0v) is 10.8. The third kappa shape index (κ3) is 2.55. The molecule has 19 heavy (non-hydrogen) atoms. The minimum Gasteiger partial charge on any atom is -0.399 e. The summed E-state index contributed by atoms with van der Waals surface area (Å²) in [6.45, 7) is 1.75. The topological polar surface area (TPSA) is 29.3 Å². The monoisotopic (exact) mass is 256 g/mol. The number of anilines is 2. The zero-order chi connectivity index (χ0) is 13.2. The molecule has 0 saturated carbocycles. The SMILES string of the molecule is Nc1cc(F)cc(N2CCCc3ccccc3C2)c1. The van der Waals surface area contributed by atoms with Crippen LogP contribution in [0.1, 0.15) is 17.5 Å². The summed E-state index contributed by atoms with van der Waals surface area (Å²) >= 11 is 0. The Labute approximate surface area is 112 Å². The summed E-state index contributed by atoms with van der Waals surface area (Å²) in [6, 6.07) is 13.2. The average Bonchev–Trinajstić information content (AvgIpc) is 2.59. The smallest absolute Gasteiger partial charge is 0.127 e. The molecule has 0 aliphatic carbocycles. The Kier molecular flexibility index (Phi) is 3.11. The lowest BCUT2D eigenvalue weighted by atomic mass is 10.0. The highest BCUT2D eigenvalue weighted by Crippen LogP contribution is 2.26. The molecule has 0 bridgehead atoms. The second-order valence-corrected chi connectivity index (χ2v) is 5.04. The summed E-state index contributed by atoms with van der Waals surface area (Å²) in [4.78, 5) is 2.20. The van der Waals surface area contributed by atoms with E-state index >= 15 is 0 Å². The van der Waals surface area contributed by atoms with E-state index in [0.717, 1.165) is 31.6 Å². The molecule has 2 aromatic carbocycles. The molecule has 1 aliphatic heterocycles. The number of nitrogen functional groups attached to an aromatic ring is 1. The Balaban J connectivity index is 1.94. The molecule has 3 heteroatoms. The Bertz CT molecular complexity index is 575. The third-order valence-electron chi connectivity index (χ3n) is 3.62. The van der Waals surface area contributed by atoms with Gasteiger partial charge in [0.2, 0.25) is 0 Å². The Morgan fingerprint density at radius 2 is 1.84 bits per heavy atom. The van der Waals surface area contributed by atoms with Crippen molar-refractivity contribution < 1.29 is 4.39 Å². The van der Waals surface area contributed by atoms with Gasteiger partial charge in [-0.05, 0) is 42.2 Å². The molecule has 2 N–H and O–H groups in total. The maximum absolute atomic E-state index is 13.5. The molecule has 0 fully saturated rings. The minimum absolute atomic E-state index is 0.271. The number of nitrogens with two attached hydrogens (primary N) is 1. The van der Waals surface area contributed by atoms with Gasteiger partial charge in [-0.2, -0.15) is 0 Å². The van der Waals surface area contributed by atoms with Crippen molar-refractivity contribution in [2.45, 2.75) is 19.4 Å². The molecule has 2 aromatic rings. The fourth-order valence-electron chi connectivity index (χ4n) is 2.70. The minimum atomic E-state index is -0.271. The van der Waals surface area contributed by atoms with Crippen molar-refractivity contribution in [3.05, 3.63) is 59.4 Å². The molecule has 0 unspecified atom stereocenters. The molecule has 98 valence electrons. The van der Waals surface area contributed by atoms with Gasteiger partial charge in [0.1, 0.15) is 5.82 Å². The van der Waals surface area contributed by atoms with Crippen LogP contribution in [0.2, 0.25) is 0 Å². The first-order chi connectivity index (χ1) is 9.22. The molecule has 0 aromatic heterocycles. The Morgan fingerprint density at radius 1 is 1.05 bits per heavy atom. The van der Waals surface area contributed by atoms with Gasteiger partial charge in [0.25, 0.3) is 0 Å². The summed E-state index contributed by atoms with van der Waals surface area (Å²) in [5.74, 6) is -0.271. The summed E-state index contributed by atoms with van der Waals surface area (Å²) in [6.07, 6.45) is 2.16. The zero-order valence-electron chi connectivity index (χ0n) is 10.8. The number of aryl methyl sites for hydroxylation is 1. The average molecular weight is 256 g/mol. The van der Waals surface area contributed by atoms with Gasteiger partial charge in [-0.3, -0.25) is 0 Å². The normalized spacial score (nSPS) is 14.9. The number of halogens is 1. The van der Waals surface area contributed by atoms with Crippen LogP contribution in [0.5, 0.6) is 0 Å². The van der Waals surface area contributed by atoms with Gasteiger partial charge in [0, 0.05) is 24.5 Å². The number of benzene rings is 2. The van der Waals surface area contributed by atoms with Gasteiger partial charge >= 0.3 is 0 Å². The second-order valence-electron chi connectivity index (χ2n) is 5.04. The van der Waals surface area contributed by atoms with Crippen molar-refractivity contribution in [3.63, 3.8) is 0 Å².